The second-order valence-corrected chi connectivity index (χ2v) is 3.71. The number of fused-ring (bicyclic) bond motifs is 1. The van der Waals surface area contributed by atoms with Crippen LogP contribution in [0, 0.1) is 19.8 Å². The highest BCUT2D eigenvalue weighted by Crippen LogP contribution is 2.28. The minimum absolute atomic E-state index is 0.475. The average Bonchev–Trinajstić information content (AvgIpc) is 2.14. The molecular formula is C11H9ClFN. The van der Waals surface area contributed by atoms with E-state index in [9.17, 15) is 4.39 Å². The molecule has 0 aliphatic carbocycles. The van der Waals surface area contributed by atoms with Crippen molar-refractivity contribution in [2.75, 3.05) is 0 Å². The number of halogens is 2. The minimum atomic E-state index is -0.475. The van der Waals surface area contributed by atoms with Crippen LogP contribution in [0.5, 0.6) is 0 Å². The van der Waals surface area contributed by atoms with Gasteiger partial charge in [-0.05, 0) is 43.2 Å². The summed E-state index contributed by atoms with van der Waals surface area (Å²) in [5, 5.41) is 1.46. The van der Waals surface area contributed by atoms with E-state index in [1.54, 1.807) is 6.07 Å². The molecule has 1 heterocycles. The quantitative estimate of drug-likeness (QED) is 0.604. The van der Waals surface area contributed by atoms with Gasteiger partial charge in [0.2, 0.25) is 5.95 Å². The summed E-state index contributed by atoms with van der Waals surface area (Å²) in [6.45, 7) is 3.88. The fourth-order valence-electron chi connectivity index (χ4n) is 1.43. The highest BCUT2D eigenvalue weighted by atomic mass is 35.5. The molecule has 0 fully saturated rings. The van der Waals surface area contributed by atoms with Crippen molar-refractivity contribution in [2.45, 2.75) is 13.8 Å². The summed E-state index contributed by atoms with van der Waals surface area (Å²) < 4.78 is 12.8. The molecule has 0 unspecified atom stereocenters. The Labute approximate surface area is 86.5 Å². The van der Waals surface area contributed by atoms with Crippen molar-refractivity contribution in [3.8, 4) is 0 Å². The van der Waals surface area contributed by atoms with Gasteiger partial charge in [-0.1, -0.05) is 11.6 Å². The van der Waals surface area contributed by atoms with Gasteiger partial charge in [0.25, 0.3) is 0 Å². The van der Waals surface area contributed by atoms with Gasteiger partial charge in [-0.3, -0.25) is 0 Å². The Kier molecular flexibility index (Phi) is 2.16. The van der Waals surface area contributed by atoms with Crippen LogP contribution in [0.25, 0.3) is 10.9 Å². The van der Waals surface area contributed by atoms with Crippen molar-refractivity contribution in [1.82, 2.24) is 4.98 Å². The topological polar surface area (TPSA) is 12.9 Å². The Hall–Kier alpha value is -1.15. The Morgan fingerprint density at radius 2 is 2.00 bits per heavy atom. The maximum absolute atomic E-state index is 12.8. The summed E-state index contributed by atoms with van der Waals surface area (Å²) in [5.41, 5.74) is 2.66. The summed E-state index contributed by atoms with van der Waals surface area (Å²) in [4.78, 5) is 3.79. The lowest BCUT2D eigenvalue weighted by Gasteiger charge is -2.06. The Balaban J connectivity index is 2.91. The first kappa shape index (κ1) is 9.41. The summed E-state index contributed by atoms with van der Waals surface area (Å²) in [6.07, 6.45) is 0. The molecule has 1 aromatic heterocycles. The monoisotopic (exact) mass is 209 g/mol. The normalized spacial score (nSPS) is 10.9. The molecular weight excluding hydrogens is 201 g/mol. The van der Waals surface area contributed by atoms with Crippen LogP contribution >= 0.6 is 11.6 Å². The summed E-state index contributed by atoms with van der Waals surface area (Å²) in [7, 11) is 0. The third kappa shape index (κ3) is 1.36. The lowest BCUT2D eigenvalue weighted by molar-refractivity contribution is 0.589. The first-order valence-corrected chi connectivity index (χ1v) is 4.69. The lowest BCUT2D eigenvalue weighted by atomic mass is 10.1. The highest BCUT2D eigenvalue weighted by Gasteiger charge is 2.07. The van der Waals surface area contributed by atoms with Gasteiger partial charge in [0, 0.05) is 5.39 Å². The van der Waals surface area contributed by atoms with Gasteiger partial charge in [-0.2, -0.15) is 4.39 Å². The van der Waals surface area contributed by atoms with E-state index in [1.165, 1.54) is 6.07 Å². The number of rotatable bonds is 0. The van der Waals surface area contributed by atoms with Crippen LogP contribution in [-0.2, 0) is 0 Å². The summed E-state index contributed by atoms with van der Waals surface area (Å²) in [5.74, 6) is -0.475. The molecule has 14 heavy (non-hydrogen) atoms. The van der Waals surface area contributed by atoms with Crippen molar-refractivity contribution >= 4 is 22.5 Å². The smallest absolute Gasteiger partial charge is 0.213 e. The number of nitrogens with zero attached hydrogens (tertiary/aromatic N) is 1. The SMILES string of the molecule is Cc1cc2nc(F)ccc2c(Cl)c1C. The van der Waals surface area contributed by atoms with Crippen LogP contribution in [0.3, 0.4) is 0 Å². The summed E-state index contributed by atoms with van der Waals surface area (Å²) in [6, 6.07) is 4.83. The molecule has 3 heteroatoms. The summed E-state index contributed by atoms with van der Waals surface area (Å²) >= 11 is 6.12. The van der Waals surface area contributed by atoms with Gasteiger partial charge in [0.1, 0.15) is 0 Å². The maximum atomic E-state index is 12.8. The zero-order valence-corrected chi connectivity index (χ0v) is 8.69. The molecule has 1 aromatic carbocycles. The Morgan fingerprint density at radius 3 is 2.71 bits per heavy atom. The number of hydrogen-bond acceptors (Lipinski definition) is 1. The van der Waals surface area contributed by atoms with Gasteiger partial charge in [0.05, 0.1) is 10.5 Å². The predicted molar refractivity (Wildman–Crippen MR) is 56.2 cm³/mol. The van der Waals surface area contributed by atoms with Crippen molar-refractivity contribution in [3.63, 3.8) is 0 Å². The zero-order valence-electron chi connectivity index (χ0n) is 7.94. The molecule has 0 amide bonds. The largest absolute Gasteiger partial charge is 0.220 e. The van der Waals surface area contributed by atoms with Crippen LogP contribution in [0.1, 0.15) is 11.1 Å². The van der Waals surface area contributed by atoms with Crippen molar-refractivity contribution in [3.05, 3.63) is 40.3 Å². The van der Waals surface area contributed by atoms with E-state index in [2.05, 4.69) is 4.98 Å². The standard InChI is InChI=1S/C11H9ClFN/c1-6-5-9-8(11(12)7(6)2)3-4-10(13)14-9/h3-5H,1-2H3. The van der Waals surface area contributed by atoms with Crippen LogP contribution in [0.2, 0.25) is 5.02 Å². The van der Waals surface area contributed by atoms with E-state index < -0.39 is 5.95 Å². The molecule has 0 N–H and O–H groups in total. The van der Waals surface area contributed by atoms with Gasteiger partial charge in [-0.15, -0.1) is 0 Å². The highest BCUT2D eigenvalue weighted by molar-refractivity contribution is 6.36. The van der Waals surface area contributed by atoms with Crippen LogP contribution in [0.15, 0.2) is 18.2 Å². The van der Waals surface area contributed by atoms with E-state index in [0.29, 0.717) is 10.5 Å². The van der Waals surface area contributed by atoms with Crippen LogP contribution in [-0.4, -0.2) is 4.98 Å². The third-order valence-corrected chi connectivity index (χ3v) is 2.89. The Bertz CT molecular complexity index is 508. The molecule has 2 rings (SSSR count). The van der Waals surface area contributed by atoms with E-state index in [1.807, 2.05) is 19.9 Å². The third-order valence-electron chi connectivity index (χ3n) is 2.40. The molecule has 0 saturated heterocycles. The molecule has 0 saturated carbocycles. The number of pyridine rings is 1. The fraction of sp³-hybridized carbons (Fsp3) is 0.182. The fourth-order valence-corrected chi connectivity index (χ4v) is 1.74. The molecule has 0 aliphatic rings. The van der Waals surface area contributed by atoms with E-state index >= 15 is 0 Å². The number of benzene rings is 1. The van der Waals surface area contributed by atoms with E-state index in [-0.39, 0.29) is 0 Å². The van der Waals surface area contributed by atoms with Gasteiger partial charge in [-0.25, -0.2) is 4.98 Å². The van der Waals surface area contributed by atoms with Gasteiger partial charge in [0.15, 0.2) is 0 Å². The molecule has 0 spiro atoms. The molecule has 0 bridgehead atoms. The molecule has 1 nitrogen and oxygen atoms in total. The lowest BCUT2D eigenvalue weighted by Crippen LogP contribution is -1.89. The average molecular weight is 210 g/mol. The van der Waals surface area contributed by atoms with Crippen LogP contribution in [0.4, 0.5) is 4.39 Å². The molecule has 0 aliphatic heterocycles. The predicted octanol–water partition coefficient (Wildman–Crippen LogP) is 3.64. The molecule has 72 valence electrons. The van der Waals surface area contributed by atoms with E-state index in [0.717, 1.165) is 16.5 Å². The van der Waals surface area contributed by atoms with Crippen LogP contribution < -0.4 is 0 Å². The minimum Gasteiger partial charge on any atom is -0.220 e. The molecule has 2 aromatic rings. The second kappa shape index (κ2) is 3.21. The number of hydrogen-bond donors (Lipinski definition) is 0. The molecule has 0 radical (unpaired) electrons. The van der Waals surface area contributed by atoms with Gasteiger partial charge >= 0.3 is 0 Å². The first-order valence-electron chi connectivity index (χ1n) is 4.31. The van der Waals surface area contributed by atoms with Crippen molar-refractivity contribution < 1.29 is 4.39 Å². The number of aromatic nitrogens is 1. The first-order chi connectivity index (χ1) is 6.59. The van der Waals surface area contributed by atoms with Crippen molar-refractivity contribution in [2.24, 2.45) is 0 Å². The zero-order chi connectivity index (χ0) is 10.3. The molecule has 0 atom stereocenters. The number of aryl methyl sites for hydroxylation is 1. The second-order valence-electron chi connectivity index (χ2n) is 3.33. The van der Waals surface area contributed by atoms with E-state index in [4.69, 9.17) is 11.6 Å². The Morgan fingerprint density at radius 1 is 1.29 bits per heavy atom. The van der Waals surface area contributed by atoms with Gasteiger partial charge < -0.3 is 0 Å². The van der Waals surface area contributed by atoms with Crippen molar-refractivity contribution in [1.29, 1.82) is 0 Å². The maximum Gasteiger partial charge on any atom is 0.213 e.